The average molecular weight is 623 g/mol. The molecule has 7 nitrogen and oxygen atoms in total. The van der Waals surface area contributed by atoms with Crippen molar-refractivity contribution in [2.24, 2.45) is 11.3 Å². The molecule has 0 bridgehead atoms. The van der Waals surface area contributed by atoms with E-state index in [-0.39, 0.29) is 42.5 Å². The topological polar surface area (TPSA) is 84.9 Å². The highest BCUT2D eigenvalue weighted by atomic mass is 35.5. The van der Waals surface area contributed by atoms with Gasteiger partial charge in [0.1, 0.15) is 0 Å². The molecule has 4 radical (unpaired) electrons. The van der Waals surface area contributed by atoms with Crippen molar-refractivity contribution in [1.29, 1.82) is 0 Å². The smallest absolute Gasteiger partial charge is 0.248 e. The third kappa shape index (κ3) is 7.26. The standard InChI is InChI=1S/C32H39B2ClF2N4O3/c1-29(2,44)22-5-3-21(4-6-22)19-38-26-8-7-23(35)17-24(26)32(33,34)41-15-13-40(14-16-41)27(42)20-39-28(43)25-18-30(25)9-11-31(36,37)12-10-30/h3-8,17,25,38,44H,9-16,18-20H2,1-2H3,(H,39,43). The molecule has 1 atom stereocenters. The Balaban J connectivity index is 1.13. The van der Waals surface area contributed by atoms with E-state index in [4.69, 9.17) is 27.3 Å². The molecule has 2 aromatic rings. The Kier molecular flexibility index (Phi) is 9.15. The van der Waals surface area contributed by atoms with Crippen molar-refractivity contribution in [2.75, 3.05) is 38.0 Å². The monoisotopic (exact) mass is 622 g/mol. The van der Waals surface area contributed by atoms with Crippen LogP contribution in [-0.2, 0) is 27.1 Å². The zero-order valence-corrected chi connectivity index (χ0v) is 26.1. The molecule has 1 spiro atoms. The molecule has 3 N–H and O–H groups in total. The summed E-state index contributed by atoms with van der Waals surface area (Å²) in [5.41, 5.74) is 1.94. The third-order valence-electron chi connectivity index (χ3n) is 9.61. The molecule has 2 saturated carbocycles. The summed E-state index contributed by atoms with van der Waals surface area (Å²) in [5.74, 6) is -3.34. The van der Waals surface area contributed by atoms with E-state index in [1.165, 1.54) is 0 Å². The number of carbonyl (C=O) groups is 2. The first-order chi connectivity index (χ1) is 20.6. The number of alkyl halides is 2. The van der Waals surface area contributed by atoms with Gasteiger partial charge in [-0.3, -0.25) is 9.59 Å². The molecule has 2 amide bonds. The van der Waals surface area contributed by atoms with Gasteiger partial charge in [-0.1, -0.05) is 35.9 Å². The Morgan fingerprint density at radius 2 is 1.66 bits per heavy atom. The van der Waals surface area contributed by atoms with Crippen LogP contribution in [-0.4, -0.2) is 81.1 Å². The number of nitrogens with one attached hydrogen (secondary N) is 2. The lowest BCUT2D eigenvalue weighted by molar-refractivity contribution is -0.135. The van der Waals surface area contributed by atoms with Crippen molar-refractivity contribution in [3.05, 3.63) is 64.2 Å². The first kappa shape index (κ1) is 32.8. The van der Waals surface area contributed by atoms with Gasteiger partial charge in [0.25, 0.3) is 0 Å². The van der Waals surface area contributed by atoms with Crippen molar-refractivity contribution < 1.29 is 23.5 Å². The van der Waals surface area contributed by atoms with Gasteiger partial charge in [0, 0.05) is 62.2 Å². The lowest BCUT2D eigenvalue weighted by Crippen LogP contribution is -2.58. The van der Waals surface area contributed by atoms with Crippen LogP contribution in [0, 0.1) is 11.3 Å². The quantitative estimate of drug-likeness (QED) is 0.367. The molecule has 44 heavy (non-hydrogen) atoms. The van der Waals surface area contributed by atoms with Gasteiger partial charge in [-0.25, -0.2) is 8.78 Å². The fourth-order valence-electron chi connectivity index (χ4n) is 6.51. The highest BCUT2D eigenvalue weighted by Gasteiger charge is 2.60. The van der Waals surface area contributed by atoms with Gasteiger partial charge >= 0.3 is 0 Å². The van der Waals surface area contributed by atoms with E-state index in [0.717, 1.165) is 16.8 Å². The second-order valence-electron chi connectivity index (χ2n) is 13.2. The van der Waals surface area contributed by atoms with Crippen molar-refractivity contribution >= 4 is 44.8 Å². The van der Waals surface area contributed by atoms with Crippen LogP contribution in [0.5, 0.6) is 0 Å². The highest BCUT2D eigenvalue weighted by molar-refractivity contribution is 6.40. The highest BCUT2D eigenvalue weighted by Crippen LogP contribution is 2.63. The molecule has 1 heterocycles. The lowest BCUT2D eigenvalue weighted by atomic mass is 9.56. The van der Waals surface area contributed by atoms with Gasteiger partial charge in [-0.05, 0) is 78.8 Å². The van der Waals surface area contributed by atoms with E-state index < -0.39 is 16.9 Å². The van der Waals surface area contributed by atoms with Crippen LogP contribution in [0.15, 0.2) is 42.5 Å². The Morgan fingerprint density at radius 1 is 1.02 bits per heavy atom. The van der Waals surface area contributed by atoms with Crippen molar-refractivity contribution in [3.8, 4) is 0 Å². The zero-order chi connectivity index (χ0) is 31.9. The molecule has 1 aliphatic heterocycles. The number of piperazine rings is 1. The Morgan fingerprint density at radius 3 is 2.27 bits per heavy atom. The minimum Gasteiger partial charge on any atom is -0.386 e. The van der Waals surface area contributed by atoms with E-state index in [0.29, 0.717) is 62.6 Å². The molecule has 3 fully saturated rings. The van der Waals surface area contributed by atoms with Crippen molar-refractivity contribution in [1.82, 2.24) is 15.1 Å². The van der Waals surface area contributed by atoms with Crippen molar-refractivity contribution in [2.45, 2.75) is 69.4 Å². The maximum Gasteiger partial charge on any atom is 0.248 e. The van der Waals surface area contributed by atoms with Gasteiger partial charge in [0.2, 0.25) is 17.7 Å². The summed E-state index contributed by atoms with van der Waals surface area (Å²) < 4.78 is 27.1. The van der Waals surface area contributed by atoms with E-state index in [2.05, 4.69) is 10.6 Å². The molecule has 0 aromatic heterocycles. The molecular weight excluding hydrogens is 583 g/mol. The van der Waals surface area contributed by atoms with Crippen LogP contribution in [0.25, 0.3) is 0 Å². The molecule has 1 unspecified atom stereocenters. The summed E-state index contributed by atoms with van der Waals surface area (Å²) in [5, 5.41) is 15.5. The number of aliphatic hydroxyl groups is 1. The van der Waals surface area contributed by atoms with E-state index >= 15 is 0 Å². The van der Waals surface area contributed by atoms with E-state index in [1.54, 1.807) is 30.9 Å². The minimum absolute atomic E-state index is 0.128. The summed E-state index contributed by atoms with van der Waals surface area (Å²) in [6.45, 7) is 5.44. The Bertz CT molecular complexity index is 1370. The van der Waals surface area contributed by atoms with Crippen LogP contribution in [0.4, 0.5) is 14.5 Å². The second kappa shape index (κ2) is 12.3. The van der Waals surface area contributed by atoms with Crippen molar-refractivity contribution in [3.63, 3.8) is 0 Å². The molecule has 12 heteroatoms. The summed E-state index contributed by atoms with van der Waals surface area (Å²) in [6.07, 6.45) is 0.982. The van der Waals surface area contributed by atoms with Crippen LogP contribution in [0.1, 0.15) is 62.6 Å². The number of hydrogen-bond donors (Lipinski definition) is 3. The minimum atomic E-state index is -2.63. The largest absolute Gasteiger partial charge is 0.386 e. The van der Waals surface area contributed by atoms with Gasteiger partial charge in [-0.2, -0.15) is 0 Å². The summed E-state index contributed by atoms with van der Waals surface area (Å²) in [4.78, 5) is 29.2. The summed E-state index contributed by atoms with van der Waals surface area (Å²) in [7, 11) is 13.5. The fraction of sp³-hybridized carbons (Fsp3) is 0.562. The van der Waals surface area contributed by atoms with Crippen LogP contribution in [0.3, 0.4) is 0 Å². The van der Waals surface area contributed by atoms with Crippen LogP contribution >= 0.6 is 11.6 Å². The van der Waals surface area contributed by atoms with Crippen LogP contribution in [0.2, 0.25) is 5.02 Å². The number of halogens is 3. The number of anilines is 1. The number of carbonyl (C=O) groups excluding carboxylic acids is 2. The maximum atomic E-state index is 13.6. The molecule has 3 aliphatic rings. The number of rotatable bonds is 9. The van der Waals surface area contributed by atoms with E-state index in [9.17, 15) is 23.5 Å². The average Bonchev–Trinajstić information content (AvgIpc) is 3.70. The van der Waals surface area contributed by atoms with Gasteiger partial charge in [-0.15, -0.1) is 0 Å². The molecule has 2 aromatic carbocycles. The third-order valence-corrected chi connectivity index (χ3v) is 9.84. The molecular formula is C32H39B2ClF2N4O3. The fourth-order valence-corrected chi connectivity index (χ4v) is 6.68. The van der Waals surface area contributed by atoms with Crippen LogP contribution < -0.4 is 10.6 Å². The Hall–Kier alpha value is -2.62. The normalized spacial score (nSPS) is 21.6. The van der Waals surface area contributed by atoms with Gasteiger partial charge in [0.05, 0.1) is 27.8 Å². The maximum absolute atomic E-state index is 13.6. The summed E-state index contributed by atoms with van der Waals surface area (Å²) in [6, 6.07) is 13.0. The zero-order valence-electron chi connectivity index (χ0n) is 25.3. The predicted octanol–water partition coefficient (Wildman–Crippen LogP) is 4.10. The lowest BCUT2D eigenvalue weighted by Gasteiger charge is -2.46. The molecule has 232 valence electrons. The van der Waals surface area contributed by atoms with Gasteiger partial charge < -0.3 is 25.5 Å². The second-order valence-corrected chi connectivity index (χ2v) is 13.6. The first-order valence-electron chi connectivity index (χ1n) is 15.2. The number of benzene rings is 2. The number of amides is 2. The summed E-state index contributed by atoms with van der Waals surface area (Å²) >= 11 is 6.35. The van der Waals surface area contributed by atoms with E-state index in [1.807, 2.05) is 35.2 Å². The molecule has 1 saturated heterocycles. The molecule has 2 aliphatic carbocycles. The Labute approximate surface area is 265 Å². The van der Waals surface area contributed by atoms with Gasteiger partial charge in [0.15, 0.2) is 0 Å². The predicted molar refractivity (Wildman–Crippen MR) is 169 cm³/mol. The number of hydrogen-bond acceptors (Lipinski definition) is 5. The number of nitrogens with zero attached hydrogens (tertiary/aromatic N) is 2. The first-order valence-corrected chi connectivity index (χ1v) is 15.6. The molecule has 5 rings (SSSR count). The SMILES string of the molecule is [B]C([B])(c1cc(Cl)ccc1NCc1ccc(C(C)(C)O)cc1)N1CCN(C(=O)CNC(=O)C2CC23CCC(F)(F)CC3)CC1.